The summed E-state index contributed by atoms with van der Waals surface area (Å²) in [6.45, 7) is 5.52. The minimum atomic E-state index is 0.562. The van der Waals surface area contributed by atoms with Crippen molar-refractivity contribution in [2.75, 3.05) is 0 Å². The Balaban J connectivity index is 2.33. The van der Waals surface area contributed by atoms with E-state index in [0.717, 1.165) is 0 Å². The van der Waals surface area contributed by atoms with Gasteiger partial charge in [0.15, 0.2) is 0 Å². The Hall–Kier alpha value is -0.810. The smallest absolute Gasteiger partial charge is 0.114 e. The molecule has 1 heteroatoms. The van der Waals surface area contributed by atoms with Gasteiger partial charge in [-0.15, -0.1) is 4.67 Å². The van der Waals surface area contributed by atoms with Crippen LogP contribution in [-0.4, -0.2) is 12.9 Å². The molecule has 0 bridgehead atoms. The Morgan fingerprint density at radius 1 is 1.75 bits per heavy atom. The SMILES string of the molecule is C=[N+]=CC(C)C1C=C1. The summed E-state index contributed by atoms with van der Waals surface area (Å²) < 4.78 is 3.68. The molecular weight excluding hydrogens is 98.1 g/mol. The molecule has 0 aliphatic heterocycles. The van der Waals surface area contributed by atoms with Gasteiger partial charge in [0.05, 0.1) is 5.92 Å². The van der Waals surface area contributed by atoms with E-state index in [9.17, 15) is 0 Å². The van der Waals surface area contributed by atoms with E-state index in [2.05, 4.69) is 30.5 Å². The first kappa shape index (κ1) is 5.33. The van der Waals surface area contributed by atoms with E-state index in [-0.39, 0.29) is 0 Å². The van der Waals surface area contributed by atoms with E-state index in [1.54, 1.807) is 0 Å². The highest BCUT2D eigenvalue weighted by molar-refractivity contribution is 5.63. The van der Waals surface area contributed by atoms with Gasteiger partial charge in [-0.25, -0.2) is 0 Å². The normalized spacial score (nSPS) is 19.6. The monoisotopic (exact) mass is 108 g/mol. The standard InChI is InChI=1S/C7H10N/c1-6(5-8-2)7-3-4-7/h3-7H,2H2,1H3/q+1. The van der Waals surface area contributed by atoms with Gasteiger partial charge in [-0.2, -0.15) is 0 Å². The van der Waals surface area contributed by atoms with Crippen molar-refractivity contribution in [3.63, 3.8) is 0 Å². The first-order valence-electron chi connectivity index (χ1n) is 2.82. The molecule has 0 heterocycles. The Labute approximate surface area is 49.5 Å². The fourth-order valence-corrected chi connectivity index (χ4v) is 0.680. The van der Waals surface area contributed by atoms with Crippen LogP contribution in [0.5, 0.6) is 0 Å². The zero-order chi connectivity index (χ0) is 5.98. The van der Waals surface area contributed by atoms with Crippen LogP contribution in [0, 0.1) is 11.8 Å². The topological polar surface area (TPSA) is 14.1 Å². The molecule has 0 amide bonds. The van der Waals surface area contributed by atoms with Crippen molar-refractivity contribution in [1.82, 2.24) is 4.67 Å². The maximum atomic E-state index is 3.68. The van der Waals surface area contributed by atoms with E-state index in [1.165, 1.54) is 0 Å². The lowest BCUT2D eigenvalue weighted by atomic mass is 10.1. The molecule has 1 aliphatic rings. The van der Waals surface area contributed by atoms with Gasteiger partial charge in [0, 0.05) is 5.92 Å². The van der Waals surface area contributed by atoms with Gasteiger partial charge < -0.3 is 0 Å². The third kappa shape index (κ3) is 1.08. The Morgan fingerprint density at radius 2 is 2.38 bits per heavy atom. The summed E-state index contributed by atoms with van der Waals surface area (Å²) in [5.41, 5.74) is 0. The summed E-state index contributed by atoms with van der Waals surface area (Å²) in [4.78, 5) is 0. The van der Waals surface area contributed by atoms with Crippen molar-refractivity contribution in [2.24, 2.45) is 11.8 Å². The maximum Gasteiger partial charge on any atom is 0.272 e. The Bertz CT molecular complexity index is 146. The summed E-state index contributed by atoms with van der Waals surface area (Å²) in [5, 5.41) is 0. The average molecular weight is 108 g/mol. The summed E-state index contributed by atoms with van der Waals surface area (Å²) in [7, 11) is 0. The van der Waals surface area contributed by atoms with Gasteiger partial charge in [0.2, 0.25) is 0 Å². The number of rotatable bonds is 2. The van der Waals surface area contributed by atoms with Crippen molar-refractivity contribution in [2.45, 2.75) is 6.92 Å². The van der Waals surface area contributed by atoms with Crippen molar-refractivity contribution >= 4 is 12.9 Å². The second kappa shape index (κ2) is 1.97. The van der Waals surface area contributed by atoms with Crippen molar-refractivity contribution in [3.05, 3.63) is 12.2 Å². The average Bonchev–Trinajstić information content (AvgIpc) is 2.45. The lowest BCUT2D eigenvalue weighted by Gasteiger charge is -1.91. The van der Waals surface area contributed by atoms with E-state index < -0.39 is 0 Å². The second-order valence-electron chi connectivity index (χ2n) is 2.15. The Kier molecular flexibility index (Phi) is 1.32. The van der Waals surface area contributed by atoms with Crippen LogP contribution in [0.15, 0.2) is 12.2 Å². The zero-order valence-electron chi connectivity index (χ0n) is 5.04. The third-order valence-electron chi connectivity index (χ3n) is 1.36. The molecule has 0 aromatic rings. The molecule has 0 aromatic heterocycles. The van der Waals surface area contributed by atoms with Crippen LogP contribution in [0.3, 0.4) is 0 Å². The van der Waals surface area contributed by atoms with Gasteiger partial charge in [-0.1, -0.05) is 19.1 Å². The van der Waals surface area contributed by atoms with Crippen LogP contribution in [-0.2, 0) is 0 Å². The number of hydrogen-bond acceptors (Lipinski definition) is 0. The highest BCUT2D eigenvalue weighted by atomic mass is 14.5. The highest BCUT2D eigenvalue weighted by Gasteiger charge is 2.20. The maximum absolute atomic E-state index is 3.68. The molecule has 0 N–H and O–H groups in total. The molecule has 42 valence electrons. The Morgan fingerprint density at radius 3 is 2.75 bits per heavy atom. The van der Waals surface area contributed by atoms with Crippen molar-refractivity contribution in [1.29, 1.82) is 0 Å². The predicted octanol–water partition coefficient (Wildman–Crippen LogP) is 0.647. The van der Waals surface area contributed by atoms with E-state index in [0.29, 0.717) is 11.8 Å². The third-order valence-corrected chi connectivity index (χ3v) is 1.36. The van der Waals surface area contributed by atoms with E-state index in [1.807, 2.05) is 6.21 Å². The number of nitrogens with zero attached hydrogens (tertiary/aromatic N) is 1. The van der Waals surface area contributed by atoms with Gasteiger partial charge >= 0.3 is 0 Å². The zero-order valence-corrected chi connectivity index (χ0v) is 5.04. The quantitative estimate of drug-likeness (QED) is 0.280. The molecule has 0 spiro atoms. The van der Waals surface area contributed by atoms with Crippen LogP contribution in [0.1, 0.15) is 6.92 Å². The van der Waals surface area contributed by atoms with Crippen LogP contribution in [0.4, 0.5) is 0 Å². The molecule has 0 fully saturated rings. The summed E-state index contributed by atoms with van der Waals surface area (Å²) in [6.07, 6.45) is 6.23. The molecule has 0 saturated carbocycles. The van der Waals surface area contributed by atoms with Crippen molar-refractivity contribution < 1.29 is 0 Å². The van der Waals surface area contributed by atoms with Crippen LogP contribution >= 0.6 is 0 Å². The highest BCUT2D eigenvalue weighted by Crippen LogP contribution is 2.23. The fraction of sp³-hybridized carbons (Fsp3) is 0.429. The van der Waals surface area contributed by atoms with Crippen molar-refractivity contribution in [3.8, 4) is 0 Å². The number of allylic oxidation sites excluding steroid dienone is 2. The number of hydrogen-bond donors (Lipinski definition) is 0. The molecule has 0 aromatic carbocycles. The summed E-state index contributed by atoms with van der Waals surface area (Å²) >= 11 is 0. The van der Waals surface area contributed by atoms with Gasteiger partial charge in [0.25, 0.3) is 12.9 Å². The van der Waals surface area contributed by atoms with Gasteiger partial charge in [-0.3, -0.25) is 0 Å². The second-order valence-corrected chi connectivity index (χ2v) is 2.15. The molecule has 8 heavy (non-hydrogen) atoms. The molecule has 1 rings (SSSR count). The summed E-state index contributed by atoms with van der Waals surface area (Å²) in [6, 6.07) is 0. The minimum Gasteiger partial charge on any atom is -0.114 e. The van der Waals surface area contributed by atoms with E-state index >= 15 is 0 Å². The van der Waals surface area contributed by atoms with Gasteiger partial charge in [-0.05, 0) is 0 Å². The fourth-order valence-electron chi connectivity index (χ4n) is 0.680. The van der Waals surface area contributed by atoms with Crippen LogP contribution < -0.4 is 4.67 Å². The molecule has 1 atom stereocenters. The first-order valence-corrected chi connectivity index (χ1v) is 2.82. The summed E-state index contributed by atoms with van der Waals surface area (Å²) in [5.74, 6) is 1.24. The molecule has 1 unspecified atom stereocenters. The molecule has 0 saturated heterocycles. The predicted molar refractivity (Wildman–Crippen MR) is 37.1 cm³/mol. The molecule has 1 aliphatic carbocycles. The minimum absolute atomic E-state index is 0.562. The molecular formula is C7H10N+. The van der Waals surface area contributed by atoms with Crippen LogP contribution in [0.2, 0.25) is 0 Å². The lowest BCUT2D eigenvalue weighted by molar-refractivity contribution is 0.729. The molecule has 0 radical (unpaired) electrons. The largest absolute Gasteiger partial charge is 0.272 e. The van der Waals surface area contributed by atoms with E-state index in [4.69, 9.17) is 0 Å². The first-order chi connectivity index (χ1) is 3.84. The molecule has 1 nitrogen and oxygen atoms in total. The lowest BCUT2D eigenvalue weighted by Crippen LogP contribution is -2.00. The van der Waals surface area contributed by atoms with Gasteiger partial charge in [0.1, 0.15) is 0 Å². The van der Waals surface area contributed by atoms with Crippen LogP contribution in [0.25, 0.3) is 0 Å².